The summed E-state index contributed by atoms with van der Waals surface area (Å²) in [5.41, 5.74) is 19.0. The number of hydrogen-bond donors (Lipinski definition) is 0. The van der Waals surface area contributed by atoms with E-state index in [1.54, 1.807) is 0 Å². The molecular weight excluding hydrogens is 1100 g/mol. The molecule has 0 aliphatic carbocycles. The summed E-state index contributed by atoms with van der Waals surface area (Å²) >= 11 is 0. The van der Waals surface area contributed by atoms with Gasteiger partial charge >= 0.3 is 0 Å². The number of benzene rings is 13. The lowest BCUT2D eigenvalue weighted by Crippen LogP contribution is -2.17. The van der Waals surface area contributed by atoms with Gasteiger partial charge in [0.1, 0.15) is 23.7 Å². The maximum absolute atomic E-state index is 6.38. The topological polar surface area (TPSA) is 45.7 Å². The minimum atomic E-state index is 0.805. The summed E-state index contributed by atoms with van der Waals surface area (Å²) in [7, 11) is 0. The Morgan fingerprint density at radius 3 is 0.611 bits per heavy atom. The maximum atomic E-state index is 6.38. The first-order valence-electron chi connectivity index (χ1n) is 30.2. The molecule has 0 radical (unpaired) electrons. The normalized spacial score (nSPS) is 11.1. The molecule has 0 saturated heterocycles. The van der Waals surface area contributed by atoms with Crippen molar-refractivity contribution in [3.05, 3.63) is 364 Å². The molecule has 8 nitrogen and oxygen atoms in total. The molecule has 0 amide bonds. The molecule has 0 fully saturated rings. The first-order valence-corrected chi connectivity index (χ1v) is 30.2. The van der Waals surface area contributed by atoms with Crippen molar-refractivity contribution in [3.8, 4) is 0 Å². The second-order valence-electron chi connectivity index (χ2n) is 21.9. The van der Waals surface area contributed by atoms with Crippen LogP contribution in [0.25, 0.3) is 21.9 Å². The first kappa shape index (κ1) is 54.4. The quantitative estimate of drug-likeness (QED) is 0.0842. The molecule has 2 aromatic heterocycles. The van der Waals surface area contributed by atoms with Gasteiger partial charge in [0, 0.05) is 67.6 Å². The van der Waals surface area contributed by atoms with Crippen LogP contribution in [0.1, 0.15) is 0 Å². The van der Waals surface area contributed by atoms with Crippen molar-refractivity contribution in [2.45, 2.75) is 0 Å². The zero-order valence-corrected chi connectivity index (χ0v) is 49.1. The third-order valence-electron chi connectivity index (χ3n) is 16.2. The number of furan rings is 2. The fourth-order valence-corrected chi connectivity index (χ4v) is 12.2. The van der Waals surface area contributed by atoms with Crippen molar-refractivity contribution >= 4 is 124 Å². The van der Waals surface area contributed by atoms with Crippen LogP contribution in [0.4, 0.5) is 102 Å². The number of rotatable bonds is 18. The van der Waals surface area contributed by atoms with Crippen molar-refractivity contribution < 1.29 is 8.83 Å². The molecule has 0 saturated carbocycles. The van der Waals surface area contributed by atoms with Crippen molar-refractivity contribution in [1.82, 2.24) is 0 Å². The van der Waals surface area contributed by atoms with E-state index in [1.807, 2.05) is 36.8 Å². The molecule has 0 N–H and O–H groups in total. The van der Waals surface area contributed by atoms with Crippen LogP contribution in [0.2, 0.25) is 0 Å². The Balaban J connectivity index is 0.973. The number of para-hydroxylation sites is 10. The Labute approximate surface area is 524 Å². The van der Waals surface area contributed by atoms with Crippen LogP contribution in [0, 0.1) is 0 Å². The van der Waals surface area contributed by atoms with E-state index in [-0.39, 0.29) is 0 Å². The van der Waals surface area contributed by atoms with Crippen LogP contribution >= 0.6 is 0 Å². The fraction of sp³-hybridized carbons (Fsp3) is 0. The Kier molecular flexibility index (Phi) is 14.9. The number of nitrogens with zero attached hydrogens (tertiary/aromatic N) is 6. The molecule has 13 aromatic carbocycles. The lowest BCUT2D eigenvalue weighted by Gasteiger charge is -2.34. The van der Waals surface area contributed by atoms with Gasteiger partial charge < -0.3 is 38.2 Å². The van der Waals surface area contributed by atoms with Crippen molar-refractivity contribution in [2.24, 2.45) is 0 Å². The highest BCUT2D eigenvalue weighted by Crippen LogP contribution is 2.51. The highest BCUT2D eigenvalue weighted by Gasteiger charge is 2.27. The molecule has 430 valence electrons. The summed E-state index contributed by atoms with van der Waals surface area (Å²) in [5.74, 6) is 0. The zero-order valence-electron chi connectivity index (χ0n) is 49.1. The van der Waals surface area contributed by atoms with Gasteiger partial charge in [-0.2, -0.15) is 0 Å². The first-order chi connectivity index (χ1) is 44.7. The van der Waals surface area contributed by atoms with E-state index in [1.165, 1.54) is 0 Å². The van der Waals surface area contributed by atoms with Crippen LogP contribution < -0.4 is 29.4 Å². The molecule has 15 rings (SSSR count). The van der Waals surface area contributed by atoms with Gasteiger partial charge in [0.05, 0.1) is 45.5 Å². The predicted octanol–water partition coefficient (Wildman–Crippen LogP) is 24.0. The molecule has 0 aliphatic rings. The molecule has 0 unspecified atom stereocenters. The number of anilines is 18. The van der Waals surface area contributed by atoms with Crippen molar-refractivity contribution in [1.29, 1.82) is 0 Å². The molecule has 0 spiro atoms. The van der Waals surface area contributed by atoms with Crippen LogP contribution in [0.5, 0.6) is 0 Å². The van der Waals surface area contributed by atoms with Crippen LogP contribution in [0.15, 0.2) is 373 Å². The summed E-state index contributed by atoms with van der Waals surface area (Å²) in [5, 5.41) is 2.00. The second kappa shape index (κ2) is 24.6. The standard InChI is InChI=1S/C82H60N6O2/c1-9-30-61(31-10-1)83(62-32-11-2-12-33-62)71-53-73(57-75(55-71)87(67-42-21-7-22-43-67)79-59-89-81-50-27-25-48-77(79)81)85(65-38-17-5-18-39-65)69-46-29-47-70(52-69)86(66-40-19-6-20-41-66)74-54-72(84(63-34-13-3-14-35-63)64-36-15-4-16-37-64)56-76(58-74)88(68-44-23-8-24-45-68)80-60-90-82-51-28-26-49-78(80)82/h1-60H. The lowest BCUT2D eigenvalue weighted by molar-refractivity contribution is 0.616. The highest BCUT2D eigenvalue weighted by atomic mass is 16.3. The van der Waals surface area contributed by atoms with Gasteiger partial charge in [-0.25, -0.2) is 0 Å². The summed E-state index contributed by atoms with van der Waals surface area (Å²) in [4.78, 5) is 14.1. The summed E-state index contributed by atoms with van der Waals surface area (Å²) < 4.78 is 12.8. The fourth-order valence-electron chi connectivity index (χ4n) is 12.2. The van der Waals surface area contributed by atoms with Gasteiger partial charge in [0.2, 0.25) is 0 Å². The Hall–Kier alpha value is -12.3. The Morgan fingerprint density at radius 2 is 0.344 bits per heavy atom. The van der Waals surface area contributed by atoms with E-state index in [4.69, 9.17) is 8.83 Å². The van der Waals surface area contributed by atoms with E-state index < -0.39 is 0 Å². The van der Waals surface area contributed by atoms with E-state index >= 15 is 0 Å². The van der Waals surface area contributed by atoms with Crippen molar-refractivity contribution in [2.75, 3.05) is 29.4 Å². The molecule has 90 heavy (non-hydrogen) atoms. The molecule has 0 bridgehead atoms. The SMILES string of the molecule is c1ccc(N(c2ccccc2)c2cc(N(c3ccccc3)c3cccc(N(c4ccccc4)c4cc(N(c5ccccc5)c5ccccc5)cc(N(c5ccccc5)c5coc6ccccc56)c4)c3)cc(N(c3ccccc3)c3coc4ccccc34)c2)cc1. The molecule has 8 heteroatoms. The van der Waals surface area contributed by atoms with E-state index in [0.29, 0.717) is 0 Å². The average Bonchev–Trinajstić information content (AvgIpc) is 1.40. The highest BCUT2D eigenvalue weighted by molar-refractivity contribution is 6.00. The summed E-state index contributed by atoms with van der Waals surface area (Å²) in [6.45, 7) is 0. The third kappa shape index (κ3) is 10.8. The van der Waals surface area contributed by atoms with Gasteiger partial charge in [0.15, 0.2) is 0 Å². The van der Waals surface area contributed by atoms with E-state index in [9.17, 15) is 0 Å². The second-order valence-corrected chi connectivity index (χ2v) is 21.9. The van der Waals surface area contributed by atoms with Gasteiger partial charge in [-0.3, -0.25) is 0 Å². The summed E-state index contributed by atoms with van der Waals surface area (Å²) in [6, 6.07) is 124. The van der Waals surface area contributed by atoms with Crippen LogP contribution in [-0.4, -0.2) is 0 Å². The third-order valence-corrected chi connectivity index (χ3v) is 16.2. The van der Waals surface area contributed by atoms with Crippen LogP contribution in [0.3, 0.4) is 0 Å². The smallest absolute Gasteiger partial charge is 0.136 e. The maximum Gasteiger partial charge on any atom is 0.136 e. The average molecular weight is 1160 g/mol. The molecule has 0 atom stereocenters. The lowest BCUT2D eigenvalue weighted by atomic mass is 10.1. The summed E-state index contributed by atoms with van der Waals surface area (Å²) in [6.07, 6.45) is 3.76. The predicted molar refractivity (Wildman–Crippen MR) is 374 cm³/mol. The number of fused-ring (bicyclic) bond motifs is 2. The van der Waals surface area contributed by atoms with E-state index in [2.05, 4.69) is 357 Å². The largest absolute Gasteiger partial charge is 0.462 e. The van der Waals surface area contributed by atoms with Gasteiger partial charge in [-0.05, 0) is 176 Å². The Bertz CT molecular complexity index is 4470. The molecule has 2 heterocycles. The minimum Gasteiger partial charge on any atom is -0.462 e. The molecule has 0 aliphatic heterocycles. The minimum absolute atomic E-state index is 0.805. The molecule has 15 aromatic rings. The molecular formula is C82H60N6O2. The number of hydrogen-bond acceptors (Lipinski definition) is 8. The van der Waals surface area contributed by atoms with Crippen LogP contribution in [-0.2, 0) is 0 Å². The van der Waals surface area contributed by atoms with E-state index in [0.717, 1.165) is 124 Å². The van der Waals surface area contributed by atoms with Gasteiger partial charge in [-0.1, -0.05) is 176 Å². The van der Waals surface area contributed by atoms with Gasteiger partial charge in [-0.15, -0.1) is 0 Å². The monoisotopic (exact) mass is 1160 g/mol. The zero-order chi connectivity index (χ0) is 60.0. The van der Waals surface area contributed by atoms with Gasteiger partial charge in [0.25, 0.3) is 0 Å². The Morgan fingerprint density at radius 1 is 0.156 bits per heavy atom. The van der Waals surface area contributed by atoms with Crippen molar-refractivity contribution in [3.63, 3.8) is 0 Å².